The number of carbonyl (C=O) groups excluding carboxylic acids is 2. The second-order valence-corrected chi connectivity index (χ2v) is 7.68. The van der Waals surface area contributed by atoms with E-state index < -0.39 is 0 Å². The van der Waals surface area contributed by atoms with E-state index >= 15 is 0 Å². The van der Waals surface area contributed by atoms with Gasteiger partial charge in [-0.25, -0.2) is 0 Å². The predicted molar refractivity (Wildman–Crippen MR) is 119 cm³/mol. The summed E-state index contributed by atoms with van der Waals surface area (Å²) in [4.78, 5) is 27.8. The molecule has 4 heteroatoms. The molecule has 2 aromatic rings. The summed E-state index contributed by atoms with van der Waals surface area (Å²) in [6.45, 7) is 8.86. The van der Waals surface area contributed by atoms with Crippen LogP contribution in [0.25, 0.3) is 0 Å². The first-order valence-electron chi connectivity index (χ1n) is 10.9. The first-order valence-corrected chi connectivity index (χ1v) is 10.9. The summed E-state index contributed by atoms with van der Waals surface area (Å²) in [6, 6.07) is 12.4. The van der Waals surface area contributed by atoms with Gasteiger partial charge in [-0.3, -0.25) is 9.59 Å². The SMILES string of the molecule is CCc1cccc(CC)c1NC(=O)[C@@H]1CC(=O)N(c2c(CC)cccc2CC)C1. The lowest BCUT2D eigenvalue weighted by molar-refractivity contribution is -0.122. The van der Waals surface area contributed by atoms with Crippen LogP contribution in [0, 0.1) is 5.92 Å². The van der Waals surface area contributed by atoms with Crippen molar-refractivity contribution in [1.29, 1.82) is 0 Å². The van der Waals surface area contributed by atoms with Crippen molar-refractivity contribution < 1.29 is 9.59 Å². The number of benzene rings is 2. The second-order valence-electron chi connectivity index (χ2n) is 7.68. The molecule has 0 aromatic heterocycles. The maximum Gasteiger partial charge on any atom is 0.229 e. The summed E-state index contributed by atoms with van der Waals surface area (Å²) >= 11 is 0. The molecule has 0 spiro atoms. The van der Waals surface area contributed by atoms with E-state index in [9.17, 15) is 9.59 Å². The second kappa shape index (κ2) is 9.25. The Morgan fingerprint density at radius 3 is 1.86 bits per heavy atom. The molecule has 1 N–H and O–H groups in total. The minimum atomic E-state index is -0.327. The average Bonchev–Trinajstić information content (AvgIpc) is 3.14. The summed E-state index contributed by atoms with van der Waals surface area (Å²) in [6.07, 6.45) is 3.73. The Hall–Kier alpha value is -2.62. The van der Waals surface area contributed by atoms with Crippen molar-refractivity contribution in [3.63, 3.8) is 0 Å². The highest BCUT2D eigenvalue weighted by Gasteiger charge is 2.36. The first-order chi connectivity index (χ1) is 14.0. The average molecular weight is 393 g/mol. The van der Waals surface area contributed by atoms with Crippen molar-refractivity contribution in [2.24, 2.45) is 5.92 Å². The molecule has 0 aliphatic carbocycles. The van der Waals surface area contributed by atoms with Crippen molar-refractivity contribution in [3.05, 3.63) is 58.7 Å². The van der Waals surface area contributed by atoms with Crippen molar-refractivity contribution in [3.8, 4) is 0 Å². The van der Waals surface area contributed by atoms with Crippen molar-refractivity contribution >= 4 is 23.2 Å². The number of nitrogens with one attached hydrogen (secondary N) is 1. The van der Waals surface area contributed by atoms with Gasteiger partial charge >= 0.3 is 0 Å². The Labute approximate surface area is 174 Å². The van der Waals surface area contributed by atoms with Crippen LogP contribution in [0.15, 0.2) is 36.4 Å². The van der Waals surface area contributed by atoms with E-state index in [1.165, 1.54) is 11.1 Å². The highest BCUT2D eigenvalue weighted by atomic mass is 16.2. The van der Waals surface area contributed by atoms with E-state index in [1.54, 1.807) is 0 Å². The Morgan fingerprint density at radius 1 is 0.897 bits per heavy atom. The number of para-hydroxylation sites is 2. The highest BCUT2D eigenvalue weighted by molar-refractivity contribution is 6.04. The summed E-state index contributed by atoms with van der Waals surface area (Å²) in [7, 11) is 0. The lowest BCUT2D eigenvalue weighted by atomic mass is 10.0. The zero-order chi connectivity index (χ0) is 21.0. The van der Waals surface area contributed by atoms with Gasteiger partial charge in [-0.1, -0.05) is 64.1 Å². The third-order valence-electron chi connectivity index (χ3n) is 5.98. The van der Waals surface area contributed by atoms with Crippen molar-refractivity contribution in [1.82, 2.24) is 0 Å². The van der Waals surface area contributed by atoms with Crippen LogP contribution in [0.3, 0.4) is 0 Å². The summed E-state index contributed by atoms with van der Waals surface area (Å²) < 4.78 is 0. The molecule has 1 aliphatic rings. The van der Waals surface area contributed by atoms with Gasteiger partial charge in [0.2, 0.25) is 11.8 Å². The molecular weight excluding hydrogens is 360 g/mol. The molecule has 0 radical (unpaired) electrons. The van der Waals surface area contributed by atoms with Gasteiger partial charge in [0.25, 0.3) is 0 Å². The van der Waals surface area contributed by atoms with E-state index in [2.05, 4.69) is 63.3 Å². The fourth-order valence-corrected chi connectivity index (χ4v) is 4.29. The third kappa shape index (κ3) is 4.21. The zero-order valence-corrected chi connectivity index (χ0v) is 18.0. The van der Waals surface area contributed by atoms with Crippen LogP contribution in [0.5, 0.6) is 0 Å². The molecular formula is C25H32N2O2. The van der Waals surface area contributed by atoms with Gasteiger partial charge in [0.1, 0.15) is 0 Å². The first kappa shape index (κ1) is 21.1. The van der Waals surface area contributed by atoms with Crippen LogP contribution in [0.1, 0.15) is 56.4 Å². The molecule has 0 unspecified atom stereocenters. The lowest BCUT2D eigenvalue weighted by Gasteiger charge is -2.23. The van der Waals surface area contributed by atoms with E-state index in [0.29, 0.717) is 6.54 Å². The van der Waals surface area contributed by atoms with Crippen LogP contribution in [0.4, 0.5) is 11.4 Å². The van der Waals surface area contributed by atoms with E-state index in [0.717, 1.165) is 48.2 Å². The van der Waals surface area contributed by atoms with Crippen LogP contribution >= 0.6 is 0 Å². The number of hydrogen-bond donors (Lipinski definition) is 1. The molecule has 2 amide bonds. The number of aryl methyl sites for hydroxylation is 4. The molecule has 154 valence electrons. The Bertz CT molecular complexity index is 859. The van der Waals surface area contributed by atoms with E-state index in [1.807, 2.05) is 11.0 Å². The number of anilines is 2. The summed E-state index contributed by atoms with van der Waals surface area (Å²) in [5, 5.41) is 3.15. The largest absolute Gasteiger partial charge is 0.325 e. The molecule has 0 bridgehead atoms. The van der Waals surface area contributed by atoms with Crippen LogP contribution in [0.2, 0.25) is 0 Å². The fraction of sp³-hybridized carbons (Fsp3) is 0.440. The summed E-state index contributed by atoms with van der Waals surface area (Å²) in [5.74, 6) is -0.338. The number of rotatable bonds is 7. The predicted octanol–water partition coefficient (Wildman–Crippen LogP) is 4.93. The minimum Gasteiger partial charge on any atom is -0.325 e. The lowest BCUT2D eigenvalue weighted by Crippen LogP contribution is -2.30. The maximum atomic E-state index is 13.1. The fourth-order valence-electron chi connectivity index (χ4n) is 4.29. The van der Waals surface area contributed by atoms with Gasteiger partial charge in [-0.15, -0.1) is 0 Å². The zero-order valence-electron chi connectivity index (χ0n) is 18.0. The molecule has 1 heterocycles. The van der Waals surface area contributed by atoms with Crippen LogP contribution in [-0.4, -0.2) is 18.4 Å². The molecule has 2 aromatic carbocycles. The molecule has 1 fully saturated rings. The van der Waals surface area contributed by atoms with Gasteiger partial charge in [-0.05, 0) is 47.9 Å². The van der Waals surface area contributed by atoms with Gasteiger partial charge in [0.05, 0.1) is 5.92 Å². The maximum absolute atomic E-state index is 13.1. The van der Waals surface area contributed by atoms with E-state index in [-0.39, 0.29) is 24.2 Å². The molecule has 4 nitrogen and oxygen atoms in total. The monoisotopic (exact) mass is 392 g/mol. The van der Waals surface area contributed by atoms with Gasteiger partial charge < -0.3 is 10.2 Å². The van der Waals surface area contributed by atoms with Gasteiger partial charge in [-0.2, -0.15) is 0 Å². The number of hydrogen-bond acceptors (Lipinski definition) is 2. The van der Waals surface area contributed by atoms with E-state index in [4.69, 9.17) is 0 Å². The highest BCUT2D eigenvalue weighted by Crippen LogP contribution is 2.33. The number of carbonyl (C=O) groups is 2. The molecule has 3 rings (SSSR count). The molecule has 1 atom stereocenters. The molecule has 29 heavy (non-hydrogen) atoms. The van der Waals surface area contributed by atoms with Crippen molar-refractivity contribution in [2.45, 2.75) is 59.8 Å². The smallest absolute Gasteiger partial charge is 0.229 e. The van der Waals surface area contributed by atoms with Gasteiger partial charge in [0, 0.05) is 24.3 Å². The van der Waals surface area contributed by atoms with Crippen LogP contribution in [-0.2, 0) is 35.3 Å². The Balaban J connectivity index is 1.84. The van der Waals surface area contributed by atoms with Crippen LogP contribution < -0.4 is 10.2 Å². The van der Waals surface area contributed by atoms with Gasteiger partial charge in [0.15, 0.2) is 0 Å². The summed E-state index contributed by atoms with van der Waals surface area (Å²) in [5.41, 5.74) is 6.57. The Kier molecular flexibility index (Phi) is 6.73. The van der Waals surface area contributed by atoms with Crippen molar-refractivity contribution in [2.75, 3.05) is 16.8 Å². The standard InChI is InChI=1S/C25H32N2O2/c1-5-17-11-9-12-18(6-2)23(17)26-25(29)21-15-22(28)27(16-21)24-19(7-3)13-10-14-20(24)8-4/h9-14,21H,5-8,15-16H2,1-4H3,(H,26,29)/t21-/m1/s1. The quantitative estimate of drug-likeness (QED) is 0.726. The minimum absolute atomic E-state index is 0.0419. The normalized spacial score (nSPS) is 16.3. The number of amides is 2. The number of nitrogens with zero attached hydrogens (tertiary/aromatic N) is 1. The molecule has 1 aliphatic heterocycles. The molecule has 0 saturated carbocycles. The topological polar surface area (TPSA) is 49.4 Å². The molecule has 1 saturated heterocycles. The Morgan fingerprint density at radius 2 is 1.38 bits per heavy atom. The third-order valence-corrected chi connectivity index (χ3v) is 5.98.